The van der Waals surface area contributed by atoms with Crippen molar-refractivity contribution in [2.45, 2.75) is 26.0 Å². The number of ether oxygens (including phenoxy) is 1. The molecule has 1 aliphatic rings. The molecule has 27 heavy (non-hydrogen) atoms. The van der Waals surface area contributed by atoms with Gasteiger partial charge in [0.2, 0.25) is 0 Å². The second-order valence-electron chi connectivity index (χ2n) is 6.91. The molecule has 6 nitrogen and oxygen atoms in total. The van der Waals surface area contributed by atoms with Gasteiger partial charge in [-0.05, 0) is 33.0 Å². The minimum absolute atomic E-state index is 0. The standard InChI is InChI=1S/C19H32FN5O.HI/c1-15(25-10-8-24(4)9-11-25)13-22-19(21-3)23-14-16(2)26-18-7-5-6-17(20)12-18;/h5-7,12,15-16H,8-11,13-14H2,1-4H3,(H2,21,22,23);1H. The van der Waals surface area contributed by atoms with Crippen LogP contribution >= 0.6 is 24.0 Å². The van der Waals surface area contributed by atoms with Gasteiger partial charge in [0.1, 0.15) is 17.7 Å². The zero-order valence-corrected chi connectivity index (χ0v) is 19.1. The van der Waals surface area contributed by atoms with Gasteiger partial charge in [-0.3, -0.25) is 9.89 Å². The molecule has 154 valence electrons. The van der Waals surface area contributed by atoms with E-state index >= 15 is 0 Å². The monoisotopic (exact) mass is 493 g/mol. The van der Waals surface area contributed by atoms with Gasteiger partial charge in [0.15, 0.2) is 5.96 Å². The van der Waals surface area contributed by atoms with Gasteiger partial charge < -0.3 is 20.3 Å². The molecule has 0 amide bonds. The summed E-state index contributed by atoms with van der Waals surface area (Å²) in [6.45, 7) is 10.0. The van der Waals surface area contributed by atoms with Crippen molar-refractivity contribution in [3.8, 4) is 5.75 Å². The van der Waals surface area contributed by atoms with Crippen molar-refractivity contribution >= 4 is 29.9 Å². The van der Waals surface area contributed by atoms with Crippen LogP contribution in [-0.2, 0) is 0 Å². The van der Waals surface area contributed by atoms with Crippen LogP contribution in [-0.4, -0.2) is 81.3 Å². The van der Waals surface area contributed by atoms with Crippen LogP contribution in [0.15, 0.2) is 29.3 Å². The number of piperazine rings is 1. The SMILES string of the molecule is CN=C(NCC(C)Oc1cccc(F)c1)NCC(C)N1CCN(C)CC1.I. The minimum atomic E-state index is -0.293. The normalized spacial score (nSPS) is 18.3. The maximum Gasteiger partial charge on any atom is 0.191 e. The van der Waals surface area contributed by atoms with Gasteiger partial charge >= 0.3 is 0 Å². The fraction of sp³-hybridized carbons (Fsp3) is 0.632. The number of hydrogen-bond donors (Lipinski definition) is 2. The predicted molar refractivity (Wildman–Crippen MR) is 120 cm³/mol. The molecule has 0 saturated carbocycles. The minimum Gasteiger partial charge on any atom is -0.489 e. The molecule has 1 aliphatic heterocycles. The predicted octanol–water partition coefficient (Wildman–Crippen LogP) is 2.01. The van der Waals surface area contributed by atoms with Crippen LogP contribution < -0.4 is 15.4 Å². The molecule has 0 aromatic heterocycles. The van der Waals surface area contributed by atoms with E-state index in [-0.39, 0.29) is 35.9 Å². The Balaban J connectivity index is 0.00000364. The van der Waals surface area contributed by atoms with Gasteiger partial charge in [0.25, 0.3) is 0 Å². The Morgan fingerprint density at radius 1 is 1.19 bits per heavy atom. The first-order valence-electron chi connectivity index (χ1n) is 9.27. The lowest BCUT2D eigenvalue weighted by atomic mass is 10.2. The molecule has 0 aliphatic carbocycles. The molecular weight excluding hydrogens is 460 g/mol. The van der Waals surface area contributed by atoms with E-state index < -0.39 is 0 Å². The maximum absolute atomic E-state index is 13.2. The lowest BCUT2D eigenvalue weighted by Crippen LogP contribution is -2.52. The van der Waals surface area contributed by atoms with E-state index in [2.05, 4.69) is 39.4 Å². The number of hydrogen-bond acceptors (Lipinski definition) is 4. The van der Waals surface area contributed by atoms with Gasteiger partial charge in [-0.15, -0.1) is 24.0 Å². The number of nitrogens with one attached hydrogen (secondary N) is 2. The summed E-state index contributed by atoms with van der Waals surface area (Å²) in [6.07, 6.45) is -0.106. The van der Waals surface area contributed by atoms with E-state index in [4.69, 9.17) is 4.74 Å². The van der Waals surface area contributed by atoms with Gasteiger partial charge in [-0.1, -0.05) is 6.07 Å². The van der Waals surface area contributed by atoms with Crippen molar-refractivity contribution in [2.75, 3.05) is 53.4 Å². The molecule has 2 N–H and O–H groups in total. The van der Waals surface area contributed by atoms with Crippen molar-refractivity contribution in [1.29, 1.82) is 0 Å². The Bertz CT molecular complexity index is 581. The summed E-state index contributed by atoms with van der Waals surface area (Å²) in [7, 11) is 3.92. The van der Waals surface area contributed by atoms with Crippen molar-refractivity contribution in [3.63, 3.8) is 0 Å². The van der Waals surface area contributed by atoms with E-state index in [1.165, 1.54) is 12.1 Å². The smallest absolute Gasteiger partial charge is 0.191 e. The average molecular weight is 493 g/mol. The van der Waals surface area contributed by atoms with Crippen molar-refractivity contribution < 1.29 is 9.13 Å². The van der Waals surface area contributed by atoms with Crippen molar-refractivity contribution in [2.24, 2.45) is 4.99 Å². The van der Waals surface area contributed by atoms with Gasteiger partial charge in [0, 0.05) is 51.9 Å². The van der Waals surface area contributed by atoms with Crippen molar-refractivity contribution in [3.05, 3.63) is 30.1 Å². The van der Waals surface area contributed by atoms with E-state index in [0.717, 1.165) is 38.7 Å². The Labute approximate surface area is 179 Å². The number of halogens is 2. The summed E-state index contributed by atoms with van der Waals surface area (Å²) >= 11 is 0. The zero-order chi connectivity index (χ0) is 18.9. The van der Waals surface area contributed by atoms with E-state index in [1.54, 1.807) is 19.2 Å². The molecule has 1 aromatic carbocycles. The Morgan fingerprint density at radius 2 is 1.85 bits per heavy atom. The summed E-state index contributed by atoms with van der Waals surface area (Å²) in [5, 5.41) is 6.64. The number of aliphatic imine (C=N–C) groups is 1. The molecular formula is C19H33FIN5O. The van der Waals surface area contributed by atoms with Crippen LogP contribution in [0, 0.1) is 5.82 Å². The van der Waals surface area contributed by atoms with Gasteiger partial charge in [-0.2, -0.15) is 0 Å². The largest absolute Gasteiger partial charge is 0.489 e. The molecule has 1 fully saturated rings. The first-order chi connectivity index (χ1) is 12.5. The number of likely N-dealkylation sites (N-methyl/N-ethyl adjacent to an activating group) is 1. The average Bonchev–Trinajstić information content (AvgIpc) is 2.62. The second kappa shape index (κ2) is 12.4. The molecule has 0 radical (unpaired) electrons. The van der Waals surface area contributed by atoms with Crippen LogP contribution in [0.1, 0.15) is 13.8 Å². The second-order valence-corrected chi connectivity index (χ2v) is 6.91. The zero-order valence-electron chi connectivity index (χ0n) is 16.7. The van der Waals surface area contributed by atoms with E-state index in [1.807, 2.05) is 6.92 Å². The van der Waals surface area contributed by atoms with Crippen LogP contribution in [0.5, 0.6) is 5.75 Å². The molecule has 0 bridgehead atoms. The molecule has 8 heteroatoms. The van der Waals surface area contributed by atoms with Crippen LogP contribution in [0.25, 0.3) is 0 Å². The summed E-state index contributed by atoms with van der Waals surface area (Å²) in [6, 6.07) is 6.64. The Hall–Kier alpha value is -1.13. The molecule has 1 saturated heterocycles. The first-order valence-corrected chi connectivity index (χ1v) is 9.27. The van der Waals surface area contributed by atoms with Gasteiger partial charge in [0.05, 0.1) is 6.54 Å². The highest BCUT2D eigenvalue weighted by atomic mass is 127. The third-order valence-electron chi connectivity index (χ3n) is 4.64. The van der Waals surface area contributed by atoms with Crippen molar-refractivity contribution in [1.82, 2.24) is 20.4 Å². The molecule has 1 aromatic rings. The summed E-state index contributed by atoms with van der Waals surface area (Å²) in [4.78, 5) is 9.12. The number of rotatable bonds is 7. The summed E-state index contributed by atoms with van der Waals surface area (Å²) < 4.78 is 18.9. The first kappa shape index (κ1) is 23.9. The fourth-order valence-electron chi connectivity index (χ4n) is 2.91. The highest BCUT2D eigenvalue weighted by Crippen LogP contribution is 2.13. The highest BCUT2D eigenvalue weighted by molar-refractivity contribution is 14.0. The third-order valence-corrected chi connectivity index (χ3v) is 4.64. The highest BCUT2D eigenvalue weighted by Gasteiger charge is 2.19. The third kappa shape index (κ3) is 8.61. The van der Waals surface area contributed by atoms with Crippen LogP contribution in [0.4, 0.5) is 4.39 Å². The number of nitrogens with zero attached hydrogens (tertiary/aromatic N) is 3. The molecule has 2 atom stereocenters. The lowest BCUT2D eigenvalue weighted by molar-refractivity contribution is 0.120. The number of guanidine groups is 1. The molecule has 1 heterocycles. The van der Waals surface area contributed by atoms with Crippen LogP contribution in [0.2, 0.25) is 0 Å². The molecule has 2 unspecified atom stereocenters. The van der Waals surface area contributed by atoms with Crippen LogP contribution in [0.3, 0.4) is 0 Å². The number of benzene rings is 1. The topological polar surface area (TPSA) is 52.1 Å². The fourth-order valence-corrected chi connectivity index (χ4v) is 2.91. The molecule has 2 rings (SSSR count). The van der Waals surface area contributed by atoms with E-state index in [0.29, 0.717) is 18.3 Å². The summed E-state index contributed by atoms with van der Waals surface area (Å²) in [5.74, 6) is 0.990. The Morgan fingerprint density at radius 3 is 2.48 bits per heavy atom. The van der Waals surface area contributed by atoms with Gasteiger partial charge in [-0.25, -0.2) is 4.39 Å². The quantitative estimate of drug-likeness (QED) is 0.346. The Kier molecular flexibility index (Phi) is 10.9. The molecule has 0 spiro atoms. The lowest BCUT2D eigenvalue weighted by Gasteiger charge is -2.36. The van der Waals surface area contributed by atoms with E-state index in [9.17, 15) is 4.39 Å². The summed E-state index contributed by atoms with van der Waals surface area (Å²) in [5.41, 5.74) is 0. The maximum atomic E-state index is 13.2.